The zero-order valence-electron chi connectivity index (χ0n) is 14.3. The molecule has 0 radical (unpaired) electrons. The Morgan fingerprint density at radius 1 is 1.20 bits per heavy atom. The largest absolute Gasteiger partial charge is 0.337 e. The van der Waals surface area contributed by atoms with Gasteiger partial charge in [-0.2, -0.15) is 0 Å². The third kappa shape index (κ3) is 2.18. The summed E-state index contributed by atoms with van der Waals surface area (Å²) in [4.78, 5) is 29.0. The molecule has 1 spiro atoms. The molecule has 0 aromatic heterocycles. The summed E-state index contributed by atoms with van der Waals surface area (Å²) in [5.41, 5.74) is 2.05. The highest BCUT2D eigenvalue weighted by molar-refractivity contribution is 6.09. The van der Waals surface area contributed by atoms with E-state index >= 15 is 0 Å². The Balaban J connectivity index is 1.66. The van der Waals surface area contributed by atoms with Crippen LogP contribution in [-0.2, 0) is 10.2 Å². The van der Waals surface area contributed by atoms with Gasteiger partial charge in [0.15, 0.2) is 0 Å². The number of anilines is 1. The van der Waals surface area contributed by atoms with Crippen molar-refractivity contribution in [1.82, 2.24) is 4.90 Å². The van der Waals surface area contributed by atoms with Gasteiger partial charge in [-0.1, -0.05) is 24.3 Å². The minimum absolute atomic E-state index is 0.0269. The molecule has 0 bridgehead atoms. The number of halogens is 1. The highest BCUT2D eigenvalue weighted by Crippen LogP contribution is 2.46. The zero-order chi connectivity index (χ0) is 17.8. The minimum Gasteiger partial charge on any atom is -0.337 e. The molecule has 2 amide bonds. The molecular formula is C20H19FN2O2. The number of likely N-dealkylation sites (tertiary alicyclic amines) is 1. The Morgan fingerprint density at radius 2 is 1.96 bits per heavy atom. The van der Waals surface area contributed by atoms with E-state index in [0.717, 1.165) is 11.3 Å². The number of hydrogen-bond donors (Lipinski definition) is 0. The number of hydrogen-bond acceptors (Lipinski definition) is 2. The number of benzene rings is 2. The normalized spacial score (nSPS) is 22.0. The lowest BCUT2D eigenvalue weighted by atomic mass is 9.81. The second-order valence-corrected chi connectivity index (χ2v) is 6.90. The number of carbonyl (C=O) groups excluding carboxylic acids is 2. The van der Waals surface area contributed by atoms with Crippen molar-refractivity contribution in [3.05, 3.63) is 65.0 Å². The number of nitrogens with zero attached hydrogens (tertiary/aromatic N) is 2. The van der Waals surface area contributed by atoms with E-state index in [1.165, 1.54) is 6.07 Å². The number of para-hydroxylation sites is 1. The molecule has 0 N–H and O–H groups in total. The SMILES string of the molecule is Cc1ccc(C(=O)N2CCC3(C2)C(=O)N(C)c2ccccc23)cc1F. The van der Waals surface area contributed by atoms with Gasteiger partial charge in [-0.3, -0.25) is 9.59 Å². The average molecular weight is 338 g/mol. The molecule has 5 heteroatoms. The molecule has 2 aromatic carbocycles. The number of rotatable bonds is 1. The van der Waals surface area contributed by atoms with Crippen LogP contribution in [0.15, 0.2) is 42.5 Å². The van der Waals surface area contributed by atoms with Crippen LogP contribution in [-0.4, -0.2) is 36.9 Å². The number of likely N-dealkylation sites (N-methyl/N-ethyl adjacent to an activating group) is 1. The van der Waals surface area contributed by atoms with Gasteiger partial charge in [0.25, 0.3) is 5.91 Å². The molecule has 1 atom stereocenters. The highest BCUT2D eigenvalue weighted by Gasteiger charge is 2.54. The summed E-state index contributed by atoms with van der Waals surface area (Å²) in [5.74, 6) is -0.587. The van der Waals surface area contributed by atoms with Crippen LogP contribution in [0.25, 0.3) is 0 Å². The monoisotopic (exact) mass is 338 g/mol. The van der Waals surface area contributed by atoms with Gasteiger partial charge in [0.2, 0.25) is 5.91 Å². The van der Waals surface area contributed by atoms with Gasteiger partial charge in [0.05, 0.1) is 5.41 Å². The molecule has 1 fully saturated rings. The first-order chi connectivity index (χ1) is 11.9. The molecule has 4 rings (SSSR count). The maximum absolute atomic E-state index is 13.8. The summed E-state index contributed by atoms with van der Waals surface area (Å²) in [5, 5.41) is 0. The molecule has 0 aliphatic carbocycles. The maximum atomic E-state index is 13.8. The van der Waals surface area contributed by atoms with Crippen molar-refractivity contribution in [3.63, 3.8) is 0 Å². The summed E-state index contributed by atoms with van der Waals surface area (Å²) < 4.78 is 13.8. The number of aryl methyl sites for hydroxylation is 1. The van der Waals surface area contributed by atoms with Gasteiger partial charge in [0.1, 0.15) is 5.82 Å². The highest BCUT2D eigenvalue weighted by atomic mass is 19.1. The Hall–Kier alpha value is -2.69. The molecule has 25 heavy (non-hydrogen) atoms. The van der Waals surface area contributed by atoms with E-state index in [2.05, 4.69) is 0 Å². The van der Waals surface area contributed by atoms with Crippen LogP contribution in [0.1, 0.15) is 27.9 Å². The van der Waals surface area contributed by atoms with Gasteiger partial charge < -0.3 is 9.80 Å². The van der Waals surface area contributed by atoms with Crippen LogP contribution in [0.4, 0.5) is 10.1 Å². The van der Waals surface area contributed by atoms with Crippen molar-refractivity contribution in [2.75, 3.05) is 25.0 Å². The maximum Gasteiger partial charge on any atom is 0.254 e. The third-order valence-corrected chi connectivity index (χ3v) is 5.47. The van der Waals surface area contributed by atoms with Gasteiger partial charge in [-0.15, -0.1) is 0 Å². The smallest absolute Gasteiger partial charge is 0.254 e. The van der Waals surface area contributed by atoms with E-state index in [-0.39, 0.29) is 17.6 Å². The molecule has 128 valence electrons. The van der Waals surface area contributed by atoms with E-state index in [0.29, 0.717) is 30.6 Å². The Bertz CT molecular complexity index is 895. The molecule has 2 heterocycles. The first-order valence-electron chi connectivity index (χ1n) is 8.37. The van der Waals surface area contributed by atoms with Crippen LogP contribution in [0.5, 0.6) is 0 Å². The number of fused-ring (bicyclic) bond motifs is 2. The van der Waals surface area contributed by atoms with Crippen molar-refractivity contribution in [1.29, 1.82) is 0 Å². The number of amides is 2. The van der Waals surface area contributed by atoms with E-state index in [1.807, 2.05) is 24.3 Å². The predicted octanol–water partition coefficient (Wildman–Crippen LogP) is 2.89. The Labute approximate surface area is 145 Å². The van der Waals surface area contributed by atoms with Gasteiger partial charge in [-0.05, 0) is 42.7 Å². The van der Waals surface area contributed by atoms with Gasteiger partial charge in [-0.25, -0.2) is 4.39 Å². The lowest BCUT2D eigenvalue weighted by molar-refractivity contribution is -0.122. The lowest BCUT2D eigenvalue weighted by Crippen LogP contribution is -2.42. The first kappa shape index (κ1) is 15.8. The molecule has 2 aromatic rings. The second kappa shape index (κ2) is 5.41. The van der Waals surface area contributed by atoms with Crippen LogP contribution in [0.3, 0.4) is 0 Å². The van der Waals surface area contributed by atoms with E-state index in [1.54, 1.807) is 35.9 Å². The van der Waals surface area contributed by atoms with Crippen LogP contribution < -0.4 is 4.90 Å². The molecule has 0 saturated carbocycles. The van der Waals surface area contributed by atoms with Crippen molar-refractivity contribution < 1.29 is 14.0 Å². The Kier molecular flexibility index (Phi) is 3.42. The second-order valence-electron chi connectivity index (χ2n) is 6.90. The Morgan fingerprint density at radius 3 is 2.72 bits per heavy atom. The average Bonchev–Trinajstić information content (AvgIpc) is 3.15. The zero-order valence-corrected chi connectivity index (χ0v) is 14.3. The van der Waals surface area contributed by atoms with Gasteiger partial charge >= 0.3 is 0 Å². The van der Waals surface area contributed by atoms with E-state index in [4.69, 9.17) is 0 Å². The van der Waals surface area contributed by atoms with Crippen LogP contribution in [0, 0.1) is 12.7 Å². The number of carbonyl (C=O) groups is 2. The van der Waals surface area contributed by atoms with Crippen molar-refractivity contribution in [3.8, 4) is 0 Å². The molecule has 4 nitrogen and oxygen atoms in total. The summed E-state index contributed by atoms with van der Waals surface area (Å²) in [6.45, 7) is 2.49. The summed E-state index contributed by atoms with van der Waals surface area (Å²) >= 11 is 0. The predicted molar refractivity (Wildman–Crippen MR) is 93.2 cm³/mol. The molecule has 2 aliphatic heterocycles. The fourth-order valence-electron chi connectivity index (χ4n) is 4.00. The topological polar surface area (TPSA) is 40.6 Å². The van der Waals surface area contributed by atoms with Crippen molar-refractivity contribution in [2.45, 2.75) is 18.8 Å². The van der Waals surface area contributed by atoms with Crippen LogP contribution >= 0.6 is 0 Å². The summed E-state index contributed by atoms with van der Waals surface area (Å²) in [6.07, 6.45) is 0.591. The molecule has 1 unspecified atom stereocenters. The quantitative estimate of drug-likeness (QED) is 0.802. The minimum atomic E-state index is -0.676. The third-order valence-electron chi connectivity index (χ3n) is 5.47. The van der Waals surface area contributed by atoms with E-state index < -0.39 is 5.41 Å². The van der Waals surface area contributed by atoms with Crippen LogP contribution in [0.2, 0.25) is 0 Å². The van der Waals surface area contributed by atoms with E-state index in [9.17, 15) is 14.0 Å². The van der Waals surface area contributed by atoms with Crippen molar-refractivity contribution >= 4 is 17.5 Å². The molecular weight excluding hydrogens is 319 g/mol. The first-order valence-corrected chi connectivity index (χ1v) is 8.37. The summed E-state index contributed by atoms with van der Waals surface area (Å²) in [6, 6.07) is 12.3. The fourth-order valence-corrected chi connectivity index (χ4v) is 4.00. The standard InChI is InChI=1S/C20H19FN2O2/c1-13-7-8-14(11-16(13)21)18(24)23-10-9-20(12-23)15-5-3-4-6-17(15)22(2)19(20)25/h3-8,11H,9-10,12H2,1-2H3. The van der Waals surface area contributed by atoms with Gasteiger partial charge in [0, 0.05) is 31.4 Å². The fraction of sp³-hybridized carbons (Fsp3) is 0.300. The molecule has 1 saturated heterocycles. The molecule has 2 aliphatic rings. The lowest BCUT2D eigenvalue weighted by Gasteiger charge is -2.23. The summed E-state index contributed by atoms with van der Waals surface area (Å²) in [7, 11) is 1.77. The van der Waals surface area contributed by atoms with Crippen molar-refractivity contribution in [2.24, 2.45) is 0 Å².